The zero-order valence-electron chi connectivity index (χ0n) is 19.4. The fourth-order valence-electron chi connectivity index (χ4n) is 3.46. The summed E-state index contributed by atoms with van der Waals surface area (Å²) in [7, 11) is 1.25. The minimum atomic E-state index is -1.23. The number of hydrogen-bond donors (Lipinski definition) is 3. The second-order valence-electron chi connectivity index (χ2n) is 7.51. The Morgan fingerprint density at radius 2 is 2.19 bits per heavy atom. The third kappa shape index (κ3) is 5.68. The van der Waals surface area contributed by atoms with E-state index in [1.54, 1.807) is 11.6 Å². The highest BCUT2D eigenvalue weighted by Crippen LogP contribution is 2.43. The maximum Gasteiger partial charge on any atom is 0.353 e. The first-order chi connectivity index (χ1) is 17.8. The van der Waals surface area contributed by atoms with E-state index in [0.717, 1.165) is 22.6 Å². The second-order valence-corrected chi connectivity index (χ2v) is 10.5. The predicted octanol–water partition coefficient (Wildman–Crippen LogP) is 1.87. The number of thioether (sulfide) groups is 2. The minimum Gasteiger partial charge on any atom is -0.477 e. The Bertz CT molecular complexity index is 1320. The first-order valence-corrected chi connectivity index (χ1v) is 13.4. The van der Waals surface area contributed by atoms with Crippen molar-refractivity contribution in [3.8, 4) is 0 Å². The fourth-order valence-corrected chi connectivity index (χ4v) is 6.47. The van der Waals surface area contributed by atoms with Gasteiger partial charge < -0.3 is 20.6 Å². The largest absolute Gasteiger partial charge is 0.477 e. The molecule has 192 valence electrons. The van der Waals surface area contributed by atoms with Crippen LogP contribution in [-0.2, 0) is 24.0 Å². The van der Waals surface area contributed by atoms with E-state index >= 15 is 0 Å². The molecule has 2 aromatic heterocycles. The summed E-state index contributed by atoms with van der Waals surface area (Å²) in [5.74, 6) is -2.16. The molecule has 0 spiro atoms. The first kappa shape index (κ1) is 26.4. The van der Waals surface area contributed by atoms with Crippen molar-refractivity contribution in [2.75, 3.05) is 18.2 Å². The number of aryl methyl sites for hydroxylation is 1. The summed E-state index contributed by atoms with van der Waals surface area (Å²) in [6.45, 7) is 1.88. The van der Waals surface area contributed by atoms with Crippen LogP contribution in [0.15, 0.2) is 44.9 Å². The van der Waals surface area contributed by atoms with Crippen LogP contribution in [0.4, 0.5) is 5.13 Å². The predicted molar refractivity (Wildman–Crippen MR) is 141 cm³/mol. The standard InChI is InChI=1S/C22H20N6O6S3/c1-11-3-4-12(7-23-11)5-6-35-14-9-36-20-16(19(31)28(20)17(14)21(32)33)26-18(30)15(27-34-2)13-8-37-22(25-13)24-10-29/h3-8,10,16,20H,9H2,1-2H3,(H,26,30)(H,32,33)(H,24,25,29)/t16?,20-/m0/s1. The maximum atomic E-state index is 13.0. The number of aliphatic carboxylic acids is 1. The van der Waals surface area contributed by atoms with Crippen molar-refractivity contribution in [2.45, 2.75) is 18.3 Å². The lowest BCUT2D eigenvalue weighted by molar-refractivity contribution is -0.150. The zero-order valence-corrected chi connectivity index (χ0v) is 21.9. The van der Waals surface area contributed by atoms with E-state index in [2.05, 4.69) is 25.8 Å². The van der Waals surface area contributed by atoms with Crippen molar-refractivity contribution in [3.63, 3.8) is 0 Å². The number of rotatable bonds is 10. The number of aromatic nitrogens is 2. The number of hydrogen-bond acceptors (Lipinski definition) is 11. The molecule has 2 aliphatic rings. The number of amides is 3. The maximum absolute atomic E-state index is 13.0. The van der Waals surface area contributed by atoms with Crippen molar-refractivity contribution >= 4 is 76.0 Å². The molecule has 3 amide bonds. The highest BCUT2D eigenvalue weighted by Gasteiger charge is 2.54. The van der Waals surface area contributed by atoms with Gasteiger partial charge in [0.25, 0.3) is 11.8 Å². The topological polar surface area (TPSA) is 163 Å². The number of carboxylic acid groups (broad SMARTS) is 1. The molecule has 3 N–H and O–H groups in total. The van der Waals surface area contributed by atoms with Crippen molar-refractivity contribution < 1.29 is 29.1 Å². The van der Waals surface area contributed by atoms with Crippen LogP contribution < -0.4 is 10.6 Å². The van der Waals surface area contributed by atoms with Crippen LogP contribution in [0.3, 0.4) is 0 Å². The molecule has 1 saturated heterocycles. The molecule has 1 fully saturated rings. The van der Waals surface area contributed by atoms with Crippen LogP contribution in [0.2, 0.25) is 0 Å². The molecule has 0 bridgehead atoms. The average molecular weight is 561 g/mol. The Labute approximate surface area is 223 Å². The van der Waals surface area contributed by atoms with E-state index in [1.807, 2.05) is 25.1 Å². The van der Waals surface area contributed by atoms with Crippen molar-refractivity contribution in [1.29, 1.82) is 0 Å². The van der Waals surface area contributed by atoms with Crippen molar-refractivity contribution in [3.05, 3.63) is 56.7 Å². The number of nitrogens with zero attached hydrogens (tertiary/aromatic N) is 4. The Hall–Kier alpha value is -3.69. The quantitative estimate of drug-likeness (QED) is 0.169. The molecule has 2 aromatic rings. The number of oxime groups is 1. The fraction of sp³-hybridized carbons (Fsp3) is 0.227. The van der Waals surface area contributed by atoms with Gasteiger partial charge in [-0.3, -0.25) is 24.3 Å². The van der Waals surface area contributed by atoms with Gasteiger partial charge in [-0.05, 0) is 30.0 Å². The Morgan fingerprint density at radius 1 is 1.38 bits per heavy atom. The summed E-state index contributed by atoms with van der Waals surface area (Å²) < 4.78 is 0. The monoisotopic (exact) mass is 560 g/mol. The highest BCUT2D eigenvalue weighted by molar-refractivity contribution is 8.08. The molecule has 4 heterocycles. The smallest absolute Gasteiger partial charge is 0.353 e. The van der Waals surface area contributed by atoms with Crippen LogP contribution >= 0.6 is 34.9 Å². The van der Waals surface area contributed by atoms with Crippen LogP contribution in [0.25, 0.3) is 6.08 Å². The minimum absolute atomic E-state index is 0.106. The summed E-state index contributed by atoms with van der Waals surface area (Å²) in [4.78, 5) is 63.4. The van der Waals surface area contributed by atoms with Gasteiger partial charge in [-0.2, -0.15) is 0 Å². The Balaban J connectivity index is 1.47. The molecule has 0 radical (unpaired) electrons. The number of carbonyl (C=O) groups is 4. The molecule has 37 heavy (non-hydrogen) atoms. The highest BCUT2D eigenvalue weighted by atomic mass is 32.2. The normalized spacial score (nSPS) is 19.4. The molecule has 0 aromatic carbocycles. The number of anilines is 1. The van der Waals surface area contributed by atoms with Crippen LogP contribution in [0, 0.1) is 6.92 Å². The number of thiazole rings is 1. The Kier molecular flexibility index (Phi) is 8.25. The lowest BCUT2D eigenvalue weighted by Crippen LogP contribution is -2.71. The third-order valence-electron chi connectivity index (χ3n) is 5.15. The number of fused-ring (bicyclic) bond motifs is 1. The van der Waals surface area contributed by atoms with Crippen molar-refractivity contribution in [1.82, 2.24) is 20.2 Å². The number of nitrogens with one attached hydrogen (secondary N) is 2. The SMILES string of the molecule is CON=C(C(=O)NC1C(=O)N2C(C(=O)O)=C(SC=Cc3ccc(C)nc3)CS[C@@H]12)c1csc(NC=O)n1. The van der Waals surface area contributed by atoms with E-state index in [1.165, 1.54) is 40.9 Å². The average Bonchev–Trinajstić information content (AvgIpc) is 3.34. The molecular formula is C22H20N6O6S3. The summed E-state index contributed by atoms with van der Waals surface area (Å²) in [6, 6.07) is 2.82. The summed E-state index contributed by atoms with van der Waals surface area (Å²) in [5.41, 5.74) is 1.60. The first-order valence-electron chi connectivity index (χ1n) is 10.6. The van der Waals surface area contributed by atoms with Crippen molar-refractivity contribution in [2.24, 2.45) is 5.16 Å². The van der Waals surface area contributed by atoms with E-state index in [-0.39, 0.29) is 22.2 Å². The molecule has 4 rings (SSSR count). The van der Waals surface area contributed by atoms with Gasteiger partial charge in [-0.1, -0.05) is 23.0 Å². The Morgan fingerprint density at radius 3 is 2.86 bits per heavy atom. The van der Waals surface area contributed by atoms with Gasteiger partial charge in [0.15, 0.2) is 10.8 Å². The van der Waals surface area contributed by atoms with Gasteiger partial charge >= 0.3 is 5.97 Å². The lowest BCUT2D eigenvalue weighted by Gasteiger charge is -2.49. The van der Waals surface area contributed by atoms with E-state index < -0.39 is 29.2 Å². The molecule has 2 atom stereocenters. The summed E-state index contributed by atoms with van der Waals surface area (Å²) in [6.07, 6.45) is 3.98. The molecule has 1 unspecified atom stereocenters. The zero-order chi connectivity index (χ0) is 26.5. The van der Waals surface area contributed by atoms with E-state index in [4.69, 9.17) is 4.84 Å². The molecule has 0 saturated carbocycles. The molecule has 2 aliphatic heterocycles. The van der Waals surface area contributed by atoms with Gasteiger partial charge in [-0.15, -0.1) is 23.1 Å². The van der Waals surface area contributed by atoms with E-state index in [0.29, 0.717) is 17.1 Å². The van der Waals surface area contributed by atoms with E-state index in [9.17, 15) is 24.3 Å². The number of pyridine rings is 1. The van der Waals surface area contributed by atoms with Gasteiger partial charge in [0.05, 0.1) is 0 Å². The summed E-state index contributed by atoms with van der Waals surface area (Å²) >= 11 is 3.64. The van der Waals surface area contributed by atoms with Gasteiger partial charge in [0, 0.05) is 27.9 Å². The molecular weight excluding hydrogens is 540 g/mol. The number of carbonyl (C=O) groups excluding carboxylic acids is 3. The summed E-state index contributed by atoms with van der Waals surface area (Å²) in [5, 5.41) is 21.5. The molecule has 0 aliphatic carbocycles. The number of β-lactam (4-membered cyclic amide) rings is 1. The van der Waals surface area contributed by atoms with Gasteiger partial charge in [-0.25, -0.2) is 9.78 Å². The van der Waals surface area contributed by atoms with Gasteiger partial charge in [0.1, 0.15) is 29.9 Å². The lowest BCUT2D eigenvalue weighted by atomic mass is 10.0. The second kappa shape index (κ2) is 11.6. The number of carboxylic acids is 1. The van der Waals surface area contributed by atoms with Crippen LogP contribution in [0.5, 0.6) is 0 Å². The van der Waals surface area contributed by atoms with Crippen LogP contribution in [-0.4, -0.2) is 74.2 Å². The molecule has 12 nitrogen and oxygen atoms in total. The van der Waals surface area contributed by atoms with Gasteiger partial charge in [0.2, 0.25) is 6.41 Å². The van der Waals surface area contributed by atoms with Crippen LogP contribution in [0.1, 0.15) is 17.0 Å². The third-order valence-corrected chi connectivity index (χ3v) is 8.28. The molecule has 15 heteroatoms.